The first-order valence-electron chi connectivity index (χ1n) is 4.81. The van der Waals surface area contributed by atoms with Crippen LogP contribution in [0.3, 0.4) is 0 Å². The average molecular weight is 208 g/mol. The topological polar surface area (TPSA) is 64.3 Å². The summed E-state index contributed by atoms with van der Waals surface area (Å²) in [6.07, 6.45) is 0. The minimum absolute atomic E-state index is 0.0421. The predicted octanol–water partition coefficient (Wildman–Crippen LogP) is 0.772. The number of rotatable bonds is 4. The highest BCUT2D eigenvalue weighted by Gasteiger charge is 2.06. The lowest BCUT2D eigenvalue weighted by molar-refractivity contribution is 0.0951. The van der Waals surface area contributed by atoms with E-state index in [1.807, 2.05) is 6.92 Å². The van der Waals surface area contributed by atoms with E-state index in [-0.39, 0.29) is 11.9 Å². The molecular weight excluding hydrogens is 192 g/mol. The van der Waals surface area contributed by atoms with Crippen molar-refractivity contribution in [2.45, 2.75) is 13.0 Å². The molecule has 0 spiro atoms. The van der Waals surface area contributed by atoms with Gasteiger partial charge in [-0.1, -0.05) is 6.07 Å². The van der Waals surface area contributed by atoms with E-state index in [9.17, 15) is 4.79 Å². The summed E-state index contributed by atoms with van der Waals surface area (Å²) in [7, 11) is 1.57. The molecule has 0 aromatic heterocycles. The van der Waals surface area contributed by atoms with Crippen LogP contribution in [0.2, 0.25) is 0 Å². The molecule has 3 N–H and O–H groups in total. The van der Waals surface area contributed by atoms with Crippen LogP contribution in [0.25, 0.3) is 0 Å². The minimum atomic E-state index is -0.133. The molecule has 0 aliphatic heterocycles. The van der Waals surface area contributed by atoms with Crippen LogP contribution in [0.5, 0.6) is 5.75 Å². The Morgan fingerprint density at radius 2 is 2.33 bits per heavy atom. The van der Waals surface area contributed by atoms with Crippen molar-refractivity contribution in [1.29, 1.82) is 0 Å². The molecule has 82 valence electrons. The highest BCUT2D eigenvalue weighted by atomic mass is 16.5. The van der Waals surface area contributed by atoms with Crippen LogP contribution < -0.4 is 15.8 Å². The molecule has 4 nitrogen and oxygen atoms in total. The molecule has 1 aromatic rings. The lowest BCUT2D eigenvalue weighted by atomic mass is 10.2. The van der Waals surface area contributed by atoms with Crippen LogP contribution in [0.4, 0.5) is 0 Å². The fraction of sp³-hybridized carbons (Fsp3) is 0.364. The van der Waals surface area contributed by atoms with Gasteiger partial charge >= 0.3 is 0 Å². The van der Waals surface area contributed by atoms with E-state index in [0.29, 0.717) is 17.9 Å². The largest absolute Gasteiger partial charge is 0.497 e. The first-order chi connectivity index (χ1) is 7.13. The summed E-state index contributed by atoms with van der Waals surface area (Å²) >= 11 is 0. The first-order valence-corrected chi connectivity index (χ1v) is 4.81. The van der Waals surface area contributed by atoms with E-state index in [1.54, 1.807) is 31.4 Å². The van der Waals surface area contributed by atoms with Crippen molar-refractivity contribution >= 4 is 5.91 Å². The zero-order chi connectivity index (χ0) is 11.3. The molecule has 1 amide bonds. The summed E-state index contributed by atoms with van der Waals surface area (Å²) in [5, 5.41) is 2.73. The fourth-order valence-corrected chi connectivity index (χ4v) is 1.12. The number of nitrogens with one attached hydrogen (secondary N) is 1. The van der Waals surface area contributed by atoms with E-state index in [4.69, 9.17) is 10.5 Å². The van der Waals surface area contributed by atoms with Gasteiger partial charge < -0.3 is 15.8 Å². The van der Waals surface area contributed by atoms with Crippen molar-refractivity contribution in [3.63, 3.8) is 0 Å². The van der Waals surface area contributed by atoms with Gasteiger partial charge in [0.2, 0.25) is 0 Å². The molecule has 0 fully saturated rings. The van der Waals surface area contributed by atoms with Gasteiger partial charge in [0.25, 0.3) is 5.91 Å². The Morgan fingerprint density at radius 1 is 1.60 bits per heavy atom. The number of methoxy groups -OCH3 is 1. The number of hydrogen-bond donors (Lipinski definition) is 2. The number of ether oxygens (including phenoxy) is 1. The van der Waals surface area contributed by atoms with Crippen molar-refractivity contribution < 1.29 is 9.53 Å². The van der Waals surface area contributed by atoms with Crippen LogP contribution in [-0.4, -0.2) is 25.6 Å². The molecule has 0 radical (unpaired) electrons. The second-order valence-electron chi connectivity index (χ2n) is 3.42. The third-order valence-electron chi connectivity index (χ3n) is 1.92. The van der Waals surface area contributed by atoms with Gasteiger partial charge in [0.15, 0.2) is 0 Å². The van der Waals surface area contributed by atoms with E-state index in [2.05, 4.69) is 5.32 Å². The van der Waals surface area contributed by atoms with E-state index in [0.717, 1.165) is 0 Å². The smallest absolute Gasteiger partial charge is 0.251 e. The summed E-state index contributed by atoms with van der Waals surface area (Å²) in [5.41, 5.74) is 6.11. The number of amides is 1. The van der Waals surface area contributed by atoms with Crippen molar-refractivity contribution in [2.75, 3.05) is 13.7 Å². The Morgan fingerprint density at radius 3 is 2.93 bits per heavy atom. The normalized spacial score (nSPS) is 11.9. The predicted molar refractivity (Wildman–Crippen MR) is 59.0 cm³/mol. The Bertz CT molecular complexity index is 337. The molecule has 1 rings (SSSR count). The summed E-state index contributed by atoms with van der Waals surface area (Å²) in [5.74, 6) is 0.537. The Balaban J connectivity index is 2.65. The Kier molecular flexibility index (Phi) is 4.12. The SMILES string of the molecule is COc1cccc(C(=O)NCC(C)N)c1. The maximum atomic E-state index is 11.6. The molecule has 1 unspecified atom stereocenters. The summed E-state index contributed by atoms with van der Waals surface area (Å²) in [4.78, 5) is 11.6. The van der Waals surface area contributed by atoms with Crippen LogP contribution >= 0.6 is 0 Å². The van der Waals surface area contributed by atoms with Crippen molar-refractivity contribution in [1.82, 2.24) is 5.32 Å². The molecule has 0 saturated heterocycles. The van der Waals surface area contributed by atoms with Crippen LogP contribution in [0, 0.1) is 0 Å². The van der Waals surface area contributed by atoms with Gasteiger partial charge in [-0.05, 0) is 25.1 Å². The molecule has 15 heavy (non-hydrogen) atoms. The van der Waals surface area contributed by atoms with Crippen molar-refractivity contribution in [3.05, 3.63) is 29.8 Å². The van der Waals surface area contributed by atoms with Crippen LogP contribution in [0.15, 0.2) is 24.3 Å². The van der Waals surface area contributed by atoms with Gasteiger partial charge in [0, 0.05) is 18.2 Å². The third kappa shape index (κ3) is 3.59. The standard InChI is InChI=1S/C11H16N2O2/c1-8(12)7-13-11(14)9-4-3-5-10(6-9)15-2/h3-6,8H,7,12H2,1-2H3,(H,13,14). The molecule has 4 heteroatoms. The highest BCUT2D eigenvalue weighted by Crippen LogP contribution is 2.12. The van der Waals surface area contributed by atoms with Gasteiger partial charge in [-0.2, -0.15) is 0 Å². The molecule has 0 aliphatic rings. The maximum absolute atomic E-state index is 11.6. The number of carbonyl (C=O) groups is 1. The summed E-state index contributed by atoms with van der Waals surface area (Å²) in [6.45, 7) is 2.31. The quantitative estimate of drug-likeness (QED) is 0.768. The summed E-state index contributed by atoms with van der Waals surface area (Å²) in [6, 6.07) is 6.96. The highest BCUT2D eigenvalue weighted by molar-refractivity contribution is 5.94. The van der Waals surface area contributed by atoms with Gasteiger partial charge in [-0.15, -0.1) is 0 Å². The molecule has 0 bridgehead atoms. The van der Waals surface area contributed by atoms with E-state index in [1.165, 1.54) is 0 Å². The first kappa shape index (κ1) is 11.5. The zero-order valence-electron chi connectivity index (χ0n) is 8.99. The van der Waals surface area contributed by atoms with E-state index < -0.39 is 0 Å². The maximum Gasteiger partial charge on any atom is 0.251 e. The van der Waals surface area contributed by atoms with Gasteiger partial charge in [-0.3, -0.25) is 4.79 Å². The second-order valence-corrected chi connectivity index (χ2v) is 3.42. The molecule has 0 saturated carbocycles. The second kappa shape index (κ2) is 5.36. The van der Waals surface area contributed by atoms with Crippen LogP contribution in [-0.2, 0) is 0 Å². The minimum Gasteiger partial charge on any atom is -0.497 e. The number of hydrogen-bond acceptors (Lipinski definition) is 3. The number of nitrogens with two attached hydrogens (primary N) is 1. The molecule has 1 aromatic carbocycles. The lowest BCUT2D eigenvalue weighted by Gasteiger charge is -2.08. The monoisotopic (exact) mass is 208 g/mol. The Hall–Kier alpha value is -1.55. The van der Waals surface area contributed by atoms with Gasteiger partial charge in [-0.25, -0.2) is 0 Å². The van der Waals surface area contributed by atoms with Crippen molar-refractivity contribution in [2.24, 2.45) is 5.73 Å². The fourth-order valence-electron chi connectivity index (χ4n) is 1.12. The van der Waals surface area contributed by atoms with Crippen molar-refractivity contribution in [3.8, 4) is 5.75 Å². The number of benzene rings is 1. The average Bonchev–Trinajstić information content (AvgIpc) is 2.26. The third-order valence-corrected chi connectivity index (χ3v) is 1.92. The van der Waals surface area contributed by atoms with Crippen LogP contribution in [0.1, 0.15) is 17.3 Å². The molecular formula is C11H16N2O2. The zero-order valence-corrected chi connectivity index (χ0v) is 8.99. The molecule has 0 aliphatic carbocycles. The lowest BCUT2D eigenvalue weighted by Crippen LogP contribution is -2.35. The van der Waals surface area contributed by atoms with Gasteiger partial charge in [0.1, 0.15) is 5.75 Å². The number of carbonyl (C=O) groups excluding carboxylic acids is 1. The molecule has 1 atom stereocenters. The molecule has 0 heterocycles. The Labute approximate surface area is 89.4 Å². The van der Waals surface area contributed by atoms with Gasteiger partial charge in [0.05, 0.1) is 7.11 Å². The van der Waals surface area contributed by atoms with E-state index >= 15 is 0 Å². The summed E-state index contributed by atoms with van der Waals surface area (Å²) < 4.78 is 5.03.